The van der Waals surface area contributed by atoms with Gasteiger partial charge in [-0.05, 0) is 60.3 Å². The Morgan fingerprint density at radius 1 is 1.07 bits per heavy atom. The number of hydrogen-bond acceptors (Lipinski definition) is 5. The number of halogens is 1. The first-order valence-corrected chi connectivity index (χ1v) is 9.21. The molecule has 0 fully saturated rings. The van der Waals surface area contributed by atoms with Crippen LogP contribution >= 0.6 is 11.8 Å². The summed E-state index contributed by atoms with van der Waals surface area (Å²) in [6.45, 7) is 0. The molecule has 0 spiro atoms. The Morgan fingerprint density at radius 3 is 2.75 bits per heavy atom. The van der Waals surface area contributed by atoms with Crippen molar-refractivity contribution in [1.82, 2.24) is 10.4 Å². The predicted octanol–water partition coefficient (Wildman–Crippen LogP) is 4.88. The minimum Gasteiger partial charge on any atom is -0.448 e. The Bertz CT molecular complexity index is 1150. The Morgan fingerprint density at radius 2 is 1.89 bits per heavy atom. The zero-order valence-corrected chi connectivity index (χ0v) is 15.3. The molecule has 1 amide bonds. The minimum atomic E-state index is -0.431. The lowest BCUT2D eigenvalue weighted by atomic mass is 10.2. The van der Waals surface area contributed by atoms with E-state index >= 15 is 0 Å². The van der Waals surface area contributed by atoms with Crippen molar-refractivity contribution in [2.75, 3.05) is 0 Å². The van der Waals surface area contributed by atoms with E-state index in [0.29, 0.717) is 16.4 Å². The van der Waals surface area contributed by atoms with E-state index in [0.717, 1.165) is 15.8 Å². The van der Waals surface area contributed by atoms with E-state index in [1.165, 1.54) is 42.2 Å². The van der Waals surface area contributed by atoms with Crippen molar-refractivity contribution >= 4 is 34.8 Å². The van der Waals surface area contributed by atoms with Crippen molar-refractivity contribution in [3.05, 3.63) is 90.1 Å². The zero-order chi connectivity index (χ0) is 19.3. The fourth-order valence-electron chi connectivity index (χ4n) is 2.55. The molecule has 0 saturated carbocycles. The number of hydrazone groups is 1. The number of rotatable bonds is 5. The maximum Gasteiger partial charge on any atom is 0.271 e. The molecule has 0 aliphatic heterocycles. The third kappa shape index (κ3) is 4.10. The second-order valence-corrected chi connectivity index (χ2v) is 6.84. The van der Waals surface area contributed by atoms with Crippen LogP contribution < -0.4 is 5.43 Å². The van der Waals surface area contributed by atoms with Crippen LogP contribution in [-0.2, 0) is 0 Å². The summed E-state index contributed by atoms with van der Waals surface area (Å²) in [6.07, 6.45) is 3.17. The second-order valence-electron chi connectivity index (χ2n) is 5.80. The molecule has 4 aromatic rings. The number of hydrogen-bond donors (Lipinski definition) is 1. The van der Waals surface area contributed by atoms with Crippen LogP contribution in [0.4, 0.5) is 4.39 Å². The minimum absolute atomic E-state index is 0.317. The van der Waals surface area contributed by atoms with Crippen molar-refractivity contribution in [3.8, 4) is 0 Å². The maximum atomic E-state index is 12.9. The third-order valence-electron chi connectivity index (χ3n) is 3.87. The summed E-state index contributed by atoms with van der Waals surface area (Å²) in [5, 5.41) is 5.62. The van der Waals surface area contributed by atoms with Gasteiger partial charge in [0.05, 0.1) is 11.7 Å². The normalized spacial score (nSPS) is 11.2. The number of carbonyl (C=O) groups is 1. The number of amides is 1. The lowest BCUT2D eigenvalue weighted by molar-refractivity contribution is 0.0955. The van der Waals surface area contributed by atoms with E-state index in [4.69, 9.17) is 4.42 Å². The van der Waals surface area contributed by atoms with Gasteiger partial charge in [-0.3, -0.25) is 9.78 Å². The lowest BCUT2D eigenvalue weighted by Gasteiger charge is -2.02. The first kappa shape index (κ1) is 17.9. The molecule has 7 heteroatoms. The highest BCUT2D eigenvalue weighted by Crippen LogP contribution is 2.33. The van der Waals surface area contributed by atoms with E-state index in [1.807, 2.05) is 36.4 Å². The van der Waals surface area contributed by atoms with Crippen molar-refractivity contribution in [2.45, 2.75) is 9.99 Å². The zero-order valence-electron chi connectivity index (χ0n) is 14.5. The van der Waals surface area contributed by atoms with Crippen molar-refractivity contribution < 1.29 is 13.6 Å². The molecule has 2 aromatic heterocycles. The highest BCUT2D eigenvalue weighted by atomic mass is 32.2. The average Bonchev–Trinajstić information content (AvgIpc) is 3.16. The molecule has 138 valence electrons. The molecule has 1 N–H and O–H groups in total. The molecule has 0 radical (unpaired) electrons. The summed E-state index contributed by atoms with van der Waals surface area (Å²) in [7, 11) is 0. The van der Waals surface area contributed by atoms with Crippen LogP contribution in [0.1, 0.15) is 16.1 Å². The van der Waals surface area contributed by atoms with Gasteiger partial charge < -0.3 is 4.42 Å². The predicted molar refractivity (Wildman–Crippen MR) is 106 cm³/mol. The van der Waals surface area contributed by atoms with Gasteiger partial charge in [0.1, 0.15) is 11.6 Å². The Hall–Kier alpha value is -3.45. The maximum absolute atomic E-state index is 12.9. The van der Waals surface area contributed by atoms with Gasteiger partial charge in [0.25, 0.3) is 5.91 Å². The standard InChI is InChI=1S/C21H14FN3O2S/c22-16-8-6-15(7-9-16)21(26)25-24-13-17-10-11-19(27-17)28-18-5-1-3-14-4-2-12-23-20(14)18/h1-13H,(H,25,26)/b24-13+. The summed E-state index contributed by atoms with van der Waals surface area (Å²) in [4.78, 5) is 17.3. The molecule has 28 heavy (non-hydrogen) atoms. The lowest BCUT2D eigenvalue weighted by Crippen LogP contribution is -2.17. The molecule has 0 bridgehead atoms. The fraction of sp³-hybridized carbons (Fsp3) is 0. The van der Waals surface area contributed by atoms with Crippen LogP contribution in [0.25, 0.3) is 10.9 Å². The Labute approximate surface area is 164 Å². The number of aromatic nitrogens is 1. The van der Waals surface area contributed by atoms with Gasteiger partial charge in [-0.2, -0.15) is 5.10 Å². The smallest absolute Gasteiger partial charge is 0.271 e. The first-order chi connectivity index (χ1) is 13.7. The van der Waals surface area contributed by atoms with E-state index in [1.54, 1.807) is 12.3 Å². The number of nitrogens with one attached hydrogen (secondary N) is 1. The van der Waals surface area contributed by atoms with Crippen LogP contribution in [0, 0.1) is 5.82 Å². The largest absolute Gasteiger partial charge is 0.448 e. The molecule has 0 saturated heterocycles. The quantitative estimate of drug-likeness (QED) is 0.389. The second kappa shape index (κ2) is 8.06. The Kier molecular flexibility index (Phi) is 5.16. The van der Waals surface area contributed by atoms with Crippen LogP contribution in [0.15, 0.2) is 92.4 Å². The molecule has 5 nitrogen and oxygen atoms in total. The topological polar surface area (TPSA) is 67.5 Å². The monoisotopic (exact) mass is 391 g/mol. The molecule has 0 aliphatic rings. The van der Waals surface area contributed by atoms with Crippen molar-refractivity contribution in [2.24, 2.45) is 5.10 Å². The highest BCUT2D eigenvalue weighted by molar-refractivity contribution is 7.99. The van der Waals surface area contributed by atoms with E-state index in [-0.39, 0.29) is 0 Å². The number of carbonyl (C=O) groups excluding carboxylic acids is 1. The van der Waals surface area contributed by atoms with Crippen LogP contribution in [0.5, 0.6) is 0 Å². The number of fused-ring (bicyclic) bond motifs is 1. The number of nitrogens with zero attached hydrogens (tertiary/aromatic N) is 2. The summed E-state index contributed by atoms with van der Waals surface area (Å²) in [5.41, 5.74) is 3.61. The molecular formula is C21H14FN3O2S. The number of pyridine rings is 1. The fourth-order valence-corrected chi connectivity index (χ4v) is 3.45. The molecule has 2 aromatic carbocycles. The number of benzene rings is 2. The Balaban J connectivity index is 1.42. The van der Waals surface area contributed by atoms with Gasteiger partial charge >= 0.3 is 0 Å². The number of furan rings is 1. The highest BCUT2D eigenvalue weighted by Gasteiger charge is 2.08. The summed E-state index contributed by atoms with van der Waals surface area (Å²) >= 11 is 1.46. The van der Waals surface area contributed by atoms with Crippen molar-refractivity contribution in [3.63, 3.8) is 0 Å². The average molecular weight is 391 g/mol. The summed E-state index contributed by atoms with van der Waals surface area (Å²) in [5.74, 6) is -0.337. The molecular weight excluding hydrogens is 377 g/mol. The third-order valence-corrected chi connectivity index (χ3v) is 4.84. The van der Waals surface area contributed by atoms with Crippen LogP contribution in [0.2, 0.25) is 0 Å². The summed E-state index contributed by atoms with van der Waals surface area (Å²) < 4.78 is 18.6. The van der Waals surface area contributed by atoms with Gasteiger partial charge in [-0.25, -0.2) is 9.82 Å². The molecule has 2 heterocycles. The molecule has 4 rings (SSSR count). The van der Waals surface area contributed by atoms with Crippen LogP contribution in [-0.4, -0.2) is 17.1 Å². The van der Waals surface area contributed by atoms with Gasteiger partial charge in [-0.1, -0.05) is 18.2 Å². The molecule has 0 unspecified atom stereocenters. The van der Waals surface area contributed by atoms with E-state index < -0.39 is 11.7 Å². The van der Waals surface area contributed by atoms with Gasteiger partial charge in [0, 0.05) is 22.0 Å². The van der Waals surface area contributed by atoms with Gasteiger partial charge in [0.2, 0.25) is 0 Å². The SMILES string of the molecule is O=C(N/N=C/c1ccc(Sc2cccc3cccnc23)o1)c1ccc(F)cc1. The van der Waals surface area contributed by atoms with Gasteiger partial charge in [0.15, 0.2) is 5.09 Å². The summed E-state index contributed by atoms with van der Waals surface area (Å²) in [6, 6.07) is 18.7. The van der Waals surface area contributed by atoms with Crippen molar-refractivity contribution in [1.29, 1.82) is 0 Å². The van der Waals surface area contributed by atoms with Crippen LogP contribution in [0.3, 0.4) is 0 Å². The van der Waals surface area contributed by atoms with Gasteiger partial charge in [-0.15, -0.1) is 0 Å². The molecule has 0 atom stereocenters. The number of para-hydroxylation sites is 1. The van der Waals surface area contributed by atoms with E-state index in [2.05, 4.69) is 15.5 Å². The first-order valence-electron chi connectivity index (χ1n) is 8.39. The molecule has 0 aliphatic carbocycles. The van der Waals surface area contributed by atoms with E-state index in [9.17, 15) is 9.18 Å².